The summed E-state index contributed by atoms with van der Waals surface area (Å²) < 4.78 is 22.1. The van der Waals surface area contributed by atoms with Crippen molar-refractivity contribution < 1.29 is 13.2 Å². The molecule has 1 saturated heterocycles. The van der Waals surface area contributed by atoms with Gasteiger partial charge >= 0.3 is 0 Å². The average molecular weight is 416 g/mol. The molecule has 156 valence electrons. The lowest BCUT2D eigenvalue weighted by atomic mass is 9.96. The summed E-state index contributed by atoms with van der Waals surface area (Å²) in [5.41, 5.74) is 3.96. The first-order valence-corrected chi connectivity index (χ1v) is 11.4. The molecule has 0 aliphatic carbocycles. The summed E-state index contributed by atoms with van der Waals surface area (Å²) in [4.78, 5) is 5.52. The van der Waals surface area contributed by atoms with E-state index in [0.29, 0.717) is 4.90 Å². The molecule has 6 nitrogen and oxygen atoms in total. The van der Waals surface area contributed by atoms with Gasteiger partial charge in [-0.25, -0.2) is 4.21 Å². The molecule has 0 bridgehead atoms. The van der Waals surface area contributed by atoms with Crippen molar-refractivity contribution in [3.8, 4) is 0 Å². The molecule has 1 unspecified atom stereocenters. The third-order valence-electron chi connectivity index (χ3n) is 5.87. The van der Waals surface area contributed by atoms with E-state index in [1.165, 1.54) is 11.1 Å². The van der Waals surface area contributed by atoms with E-state index >= 15 is 0 Å². The van der Waals surface area contributed by atoms with Gasteiger partial charge in [-0.2, -0.15) is 10.2 Å². The molecule has 4 rings (SSSR count). The highest BCUT2D eigenvalue weighted by Gasteiger charge is 2.22. The van der Waals surface area contributed by atoms with Gasteiger partial charge < -0.3 is 14.5 Å². The van der Waals surface area contributed by atoms with Crippen molar-refractivity contribution in [2.45, 2.75) is 30.3 Å². The molecule has 2 aliphatic heterocycles. The van der Waals surface area contributed by atoms with E-state index in [4.69, 9.17) is 10.6 Å². The zero-order valence-electron chi connectivity index (χ0n) is 16.7. The summed E-state index contributed by atoms with van der Waals surface area (Å²) >= 11 is -1.59. The average Bonchev–Trinajstić information content (AvgIpc) is 3.03. The highest BCUT2D eigenvalue weighted by Crippen LogP contribution is 2.29. The number of anilines is 1. The van der Waals surface area contributed by atoms with E-state index in [9.17, 15) is 4.21 Å². The first-order valence-electron chi connectivity index (χ1n) is 10.3. The Kier molecular flexibility index (Phi) is 6.94. The molecule has 0 saturated carbocycles. The van der Waals surface area contributed by atoms with Gasteiger partial charge in [0.15, 0.2) is 0 Å². The molecular formula is C22H29N3O3S. The molecule has 2 N–H and O–H groups in total. The molecule has 2 aromatic rings. The van der Waals surface area contributed by atoms with E-state index in [0.717, 1.165) is 64.3 Å². The lowest BCUT2D eigenvalue weighted by Crippen LogP contribution is -2.32. The predicted octanol–water partition coefficient (Wildman–Crippen LogP) is 2.82. The van der Waals surface area contributed by atoms with Crippen LogP contribution in [-0.4, -0.2) is 48.4 Å². The van der Waals surface area contributed by atoms with E-state index in [2.05, 4.69) is 38.3 Å². The largest absolute Gasteiger partial charge is 0.373 e. The molecule has 29 heavy (non-hydrogen) atoms. The van der Waals surface area contributed by atoms with Gasteiger partial charge in [0.2, 0.25) is 11.1 Å². The van der Waals surface area contributed by atoms with Gasteiger partial charge in [-0.05, 0) is 61.2 Å². The Labute approximate surface area is 175 Å². The van der Waals surface area contributed by atoms with E-state index in [1.54, 1.807) is 0 Å². The minimum Gasteiger partial charge on any atom is -0.373 e. The minimum absolute atomic E-state index is 0.220. The first kappa shape index (κ1) is 20.5. The molecule has 0 radical (unpaired) electrons. The quantitative estimate of drug-likeness (QED) is 0.732. The number of nitrogens with two attached hydrogens (primary N) is 1. The Morgan fingerprint density at radius 1 is 1.07 bits per heavy atom. The highest BCUT2D eigenvalue weighted by molar-refractivity contribution is 7.80. The second-order valence-corrected chi connectivity index (χ2v) is 8.74. The smallest absolute Gasteiger partial charge is 0.206 e. The fourth-order valence-electron chi connectivity index (χ4n) is 4.29. The molecule has 2 aromatic carbocycles. The van der Waals surface area contributed by atoms with Gasteiger partial charge in [-0.1, -0.05) is 24.3 Å². The maximum Gasteiger partial charge on any atom is 0.206 e. The number of hydrogen-bond acceptors (Lipinski definition) is 6. The Hall–Kier alpha value is -1.77. The SMILES string of the molecule is NOS(=O)c1ccc(N2CCCN(CC[C@@H]3OCCc4ccccc43)CC2)cc1. The van der Waals surface area contributed by atoms with Crippen molar-refractivity contribution in [3.63, 3.8) is 0 Å². The summed E-state index contributed by atoms with van der Waals surface area (Å²) in [6.45, 7) is 6.03. The van der Waals surface area contributed by atoms with Crippen LogP contribution in [0.15, 0.2) is 53.4 Å². The molecule has 7 heteroatoms. The number of fused-ring (bicyclic) bond motifs is 1. The van der Waals surface area contributed by atoms with Crippen molar-refractivity contribution >= 4 is 16.8 Å². The van der Waals surface area contributed by atoms with Gasteiger partial charge in [0.1, 0.15) is 0 Å². The summed E-state index contributed by atoms with van der Waals surface area (Å²) in [6, 6.07) is 16.3. The van der Waals surface area contributed by atoms with E-state index in [-0.39, 0.29) is 6.10 Å². The maximum atomic E-state index is 11.6. The predicted molar refractivity (Wildman–Crippen MR) is 115 cm³/mol. The van der Waals surface area contributed by atoms with Crippen molar-refractivity contribution in [1.82, 2.24) is 4.90 Å². The van der Waals surface area contributed by atoms with Gasteiger partial charge in [0, 0.05) is 31.9 Å². The van der Waals surface area contributed by atoms with Crippen molar-refractivity contribution in [3.05, 3.63) is 59.7 Å². The first-order chi connectivity index (χ1) is 14.2. The number of rotatable bonds is 6. The van der Waals surface area contributed by atoms with Crippen LogP contribution in [-0.2, 0) is 26.5 Å². The van der Waals surface area contributed by atoms with Crippen LogP contribution in [0.25, 0.3) is 0 Å². The van der Waals surface area contributed by atoms with Crippen molar-refractivity contribution in [2.75, 3.05) is 44.2 Å². The number of ether oxygens (including phenoxy) is 1. The molecule has 2 aliphatic rings. The Bertz CT molecular complexity index is 830. The van der Waals surface area contributed by atoms with Crippen LogP contribution in [0.1, 0.15) is 30.1 Å². The zero-order valence-corrected chi connectivity index (χ0v) is 17.5. The Balaban J connectivity index is 1.31. The Morgan fingerprint density at radius 2 is 1.90 bits per heavy atom. The number of hydrogen-bond donors (Lipinski definition) is 1. The fourth-order valence-corrected chi connectivity index (χ4v) is 4.76. The lowest BCUT2D eigenvalue weighted by molar-refractivity contribution is 0.0297. The Morgan fingerprint density at radius 3 is 2.72 bits per heavy atom. The molecular weight excluding hydrogens is 386 g/mol. The third kappa shape index (κ3) is 5.05. The standard InChI is InChI=1S/C22H29N3O3S/c23-28-29(26)20-8-6-19(7-9-20)25-13-3-12-24(15-16-25)14-10-22-21-5-2-1-4-18(21)11-17-27-22/h1-2,4-9,22H,3,10-17,23H2/t22-,29?/m0/s1. The summed E-state index contributed by atoms with van der Waals surface area (Å²) in [5.74, 6) is 5.00. The fraction of sp³-hybridized carbons (Fsp3) is 0.455. The minimum atomic E-state index is -1.59. The van der Waals surface area contributed by atoms with Crippen LogP contribution in [0.3, 0.4) is 0 Å². The van der Waals surface area contributed by atoms with Crippen LogP contribution < -0.4 is 10.8 Å². The molecule has 0 spiro atoms. The third-order valence-corrected chi connectivity index (χ3v) is 6.70. The van der Waals surface area contributed by atoms with Gasteiger partial charge in [0.05, 0.1) is 17.6 Å². The molecule has 2 atom stereocenters. The highest BCUT2D eigenvalue weighted by atomic mass is 32.2. The van der Waals surface area contributed by atoms with Gasteiger partial charge in [-0.15, -0.1) is 0 Å². The van der Waals surface area contributed by atoms with E-state index in [1.807, 2.05) is 24.3 Å². The second-order valence-electron chi connectivity index (χ2n) is 7.60. The monoisotopic (exact) mass is 415 g/mol. The molecule has 0 aromatic heterocycles. The normalized spacial score (nSPS) is 21.4. The van der Waals surface area contributed by atoms with Crippen LogP contribution in [0.5, 0.6) is 0 Å². The number of nitrogens with zero attached hydrogens (tertiary/aromatic N) is 2. The topological polar surface area (TPSA) is 68.0 Å². The van der Waals surface area contributed by atoms with Crippen LogP contribution >= 0.6 is 0 Å². The number of benzene rings is 2. The van der Waals surface area contributed by atoms with Gasteiger partial charge in [0.25, 0.3) is 0 Å². The summed E-state index contributed by atoms with van der Waals surface area (Å²) in [5, 5.41) is 0. The van der Waals surface area contributed by atoms with Crippen molar-refractivity contribution in [2.24, 2.45) is 5.90 Å². The summed E-state index contributed by atoms with van der Waals surface area (Å²) in [7, 11) is 0. The van der Waals surface area contributed by atoms with E-state index < -0.39 is 11.1 Å². The van der Waals surface area contributed by atoms with Crippen LogP contribution in [0, 0.1) is 0 Å². The van der Waals surface area contributed by atoms with Crippen LogP contribution in [0.4, 0.5) is 5.69 Å². The second kappa shape index (κ2) is 9.82. The maximum absolute atomic E-state index is 11.6. The van der Waals surface area contributed by atoms with Crippen molar-refractivity contribution in [1.29, 1.82) is 0 Å². The van der Waals surface area contributed by atoms with Crippen LogP contribution in [0.2, 0.25) is 0 Å². The molecule has 2 heterocycles. The zero-order chi connectivity index (χ0) is 20.1. The lowest BCUT2D eigenvalue weighted by Gasteiger charge is -2.29. The summed E-state index contributed by atoms with van der Waals surface area (Å²) in [6.07, 6.45) is 3.41. The van der Waals surface area contributed by atoms with Gasteiger partial charge in [-0.3, -0.25) is 0 Å². The molecule has 1 fully saturated rings. The molecule has 0 amide bonds.